The first-order valence-electron chi connectivity index (χ1n) is 4.57. The van der Waals surface area contributed by atoms with E-state index >= 15 is 0 Å². The highest BCUT2D eigenvalue weighted by atomic mass is 16.3. The molecule has 3 heteroatoms. The average molecular weight is 193 g/mol. The molecular weight excluding hydrogens is 178 g/mol. The van der Waals surface area contributed by atoms with Crippen molar-refractivity contribution in [3.63, 3.8) is 0 Å². The van der Waals surface area contributed by atoms with Gasteiger partial charge in [0.15, 0.2) is 0 Å². The molecule has 2 N–H and O–H groups in total. The molecule has 0 unspecified atom stereocenters. The van der Waals surface area contributed by atoms with Crippen molar-refractivity contribution < 1.29 is 9.90 Å². The smallest absolute Gasteiger partial charge is 0.245 e. The number of hydrogen-bond donors (Lipinski definition) is 2. The summed E-state index contributed by atoms with van der Waals surface area (Å²) in [5.74, 6) is -0.343. The third-order valence-electron chi connectivity index (χ3n) is 2.12. The maximum absolute atomic E-state index is 10.8. The van der Waals surface area contributed by atoms with Gasteiger partial charge in [0.05, 0.1) is 0 Å². The first-order chi connectivity index (χ1) is 6.63. The molecule has 0 bridgehead atoms. The zero-order chi connectivity index (χ0) is 10.6. The number of carbonyl (C=O) groups is 1. The largest absolute Gasteiger partial charge is 0.387 e. The number of aryl methyl sites for hydroxylation is 2. The zero-order valence-electron chi connectivity index (χ0n) is 8.50. The fourth-order valence-corrected chi connectivity index (χ4v) is 1.29. The maximum Gasteiger partial charge on any atom is 0.245 e. The van der Waals surface area contributed by atoms with E-state index in [1.807, 2.05) is 26.0 Å². The number of carbonyl (C=O) groups excluding carboxylic acids is 1. The van der Waals surface area contributed by atoms with E-state index in [-0.39, 0.29) is 5.91 Å². The molecule has 0 spiro atoms. The Kier molecular flexibility index (Phi) is 3.65. The lowest BCUT2D eigenvalue weighted by Crippen LogP contribution is -2.25. The van der Waals surface area contributed by atoms with E-state index in [1.165, 1.54) is 5.56 Å². The molecule has 1 aromatic carbocycles. The summed E-state index contributed by atoms with van der Waals surface area (Å²) >= 11 is 0. The van der Waals surface area contributed by atoms with E-state index in [2.05, 4.69) is 11.4 Å². The molecule has 1 aromatic rings. The molecule has 0 aliphatic rings. The number of aliphatic hydroxyl groups excluding tert-OH is 1. The Hall–Kier alpha value is -1.35. The number of aliphatic hydroxyl groups is 1. The lowest BCUT2D eigenvalue weighted by molar-refractivity contribution is -0.123. The van der Waals surface area contributed by atoms with Gasteiger partial charge in [-0.05, 0) is 25.0 Å². The summed E-state index contributed by atoms with van der Waals surface area (Å²) in [5, 5.41) is 11.1. The van der Waals surface area contributed by atoms with Crippen LogP contribution in [0.5, 0.6) is 0 Å². The van der Waals surface area contributed by atoms with Gasteiger partial charge in [0.1, 0.15) is 6.61 Å². The quantitative estimate of drug-likeness (QED) is 0.749. The number of nitrogens with one attached hydrogen (secondary N) is 1. The van der Waals surface area contributed by atoms with Crippen LogP contribution < -0.4 is 5.32 Å². The van der Waals surface area contributed by atoms with Crippen LogP contribution in [0.4, 0.5) is 0 Å². The highest BCUT2D eigenvalue weighted by Gasteiger charge is 2.01. The minimum Gasteiger partial charge on any atom is -0.387 e. The van der Waals surface area contributed by atoms with Crippen LogP contribution in [0.2, 0.25) is 0 Å². The fraction of sp³-hybridized carbons (Fsp3) is 0.364. The molecule has 0 fully saturated rings. The molecule has 0 heterocycles. The summed E-state index contributed by atoms with van der Waals surface area (Å²) < 4.78 is 0. The third-order valence-corrected chi connectivity index (χ3v) is 2.12. The van der Waals surface area contributed by atoms with Gasteiger partial charge in [-0.1, -0.05) is 23.8 Å². The van der Waals surface area contributed by atoms with Crippen molar-refractivity contribution in [3.8, 4) is 0 Å². The van der Waals surface area contributed by atoms with Crippen LogP contribution in [-0.4, -0.2) is 17.6 Å². The summed E-state index contributed by atoms with van der Waals surface area (Å²) in [6, 6.07) is 6.07. The minimum absolute atomic E-state index is 0.343. The number of rotatable bonds is 3. The van der Waals surface area contributed by atoms with E-state index in [0.717, 1.165) is 11.1 Å². The molecule has 0 radical (unpaired) electrons. The Balaban J connectivity index is 2.63. The van der Waals surface area contributed by atoms with Crippen LogP contribution >= 0.6 is 0 Å². The van der Waals surface area contributed by atoms with Crippen molar-refractivity contribution in [1.29, 1.82) is 0 Å². The van der Waals surface area contributed by atoms with Crippen LogP contribution in [-0.2, 0) is 11.3 Å². The van der Waals surface area contributed by atoms with E-state index in [4.69, 9.17) is 5.11 Å². The van der Waals surface area contributed by atoms with Gasteiger partial charge in [0, 0.05) is 6.54 Å². The van der Waals surface area contributed by atoms with Gasteiger partial charge >= 0.3 is 0 Å². The molecule has 0 saturated heterocycles. The summed E-state index contributed by atoms with van der Waals surface area (Å²) in [5.41, 5.74) is 3.44. The Morgan fingerprint density at radius 1 is 1.43 bits per heavy atom. The molecule has 1 amide bonds. The monoisotopic (exact) mass is 193 g/mol. The molecule has 3 nitrogen and oxygen atoms in total. The Morgan fingerprint density at radius 2 is 2.14 bits per heavy atom. The summed E-state index contributed by atoms with van der Waals surface area (Å²) in [7, 11) is 0. The molecule has 76 valence electrons. The van der Waals surface area contributed by atoms with E-state index < -0.39 is 6.61 Å². The minimum atomic E-state index is -0.453. The van der Waals surface area contributed by atoms with Gasteiger partial charge in [-0.2, -0.15) is 0 Å². The van der Waals surface area contributed by atoms with Gasteiger partial charge in [-0.15, -0.1) is 0 Å². The topological polar surface area (TPSA) is 49.3 Å². The van der Waals surface area contributed by atoms with Crippen LogP contribution in [0.15, 0.2) is 18.2 Å². The summed E-state index contributed by atoms with van der Waals surface area (Å²) in [6.07, 6.45) is 0. The van der Waals surface area contributed by atoms with E-state index in [0.29, 0.717) is 6.54 Å². The number of hydrogen-bond acceptors (Lipinski definition) is 2. The molecule has 0 aliphatic carbocycles. The van der Waals surface area contributed by atoms with Gasteiger partial charge in [-0.25, -0.2) is 0 Å². The Labute approximate surface area is 83.8 Å². The lowest BCUT2D eigenvalue weighted by atomic mass is 10.1. The third kappa shape index (κ3) is 2.85. The van der Waals surface area contributed by atoms with Gasteiger partial charge in [-0.3, -0.25) is 4.79 Å². The van der Waals surface area contributed by atoms with Crippen molar-refractivity contribution in [3.05, 3.63) is 34.9 Å². The Morgan fingerprint density at radius 3 is 2.71 bits per heavy atom. The highest BCUT2D eigenvalue weighted by molar-refractivity contribution is 5.76. The maximum atomic E-state index is 10.8. The predicted octanol–water partition coefficient (Wildman–Crippen LogP) is 0.912. The normalized spacial score (nSPS) is 9.93. The highest BCUT2D eigenvalue weighted by Crippen LogP contribution is 2.09. The average Bonchev–Trinajstić information content (AvgIpc) is 2.16. The van der Waals surface area contributed by atoms with Crippen LogP contribution in [0.25, 0.3) is 0 Å². The second kappa shape index (κ2) is 4.77. The van der Waals surface area contributed by atoms with Crippen molar-refractivity contribution in [2.45, 2.75) is 20.4 Å². The zero-order valence-corrected chi connectivity index (χ0v) is 8.50. The molecule has 0 aliphatic heterocycles. The van der Waals surface area contributed by atoms with Crippen LogP contribution in [0, 0.1) is 13.8 Å². The number of amides is 1. The standard InChI is InChI=1S/C11H15NO2/c1-8-3-4-10(9(2)5-8)6-12-11(14)7-13/h3-5,13H,6-7H2,1-2H3,(H,12,14). The SMILES string of the molecule is Cc1ccc(CNC(=O)CO)c(C)c1. The van der Waals surface area contributed by atoms with Crippen molar-refractivity contribution in [2.24, 2.45) is 0 Å². The van der Waals surface area contributed by atoms with Gasteiger partial charge < -0.3 is 10.4 Å². The Bertz CT molecular complexity index is 334. The van der Waals surface area contributed by atoms with Gasteiger partial charge in [0.25, 0.3) is 0 Å². The molecular formula is C11H15NO2. The second-order valence-electron chi connectivity index (χ2n) is 3.36. The first-order valence-corrected chi connectivity index (χ1v) is 4.57. The second-order valence-corrected chi connectivity index (χ2v) is 3.36. The predicted molar refractivity (Wildman–Crippen MR) is 54.8 cm³/mol. The summed E-state index contributed by atoms with van der Waals surface area (Å²) in [6.45, 7) is 4.06. The van der Waals surface area contributed by atoms with Crippen molar-refractivity contribution in [2.75, 3.05) is 6.61 Å². The van der Waals surface area contributed by atoms with Crippen molar-refractivity contribution in [1.82, 2.24) is 5.32 Å². The summed E-state index contributed by atoms with van der Waals surface area (Å²) in [4.78, 5) is 10.8. The lowest BCUT2D eigenvalue weighted by Gasteiger charge is -2.07. The molecule has 0 atom stereocenters. The molecule has 0 saturated carbocycles. The van der Waals surface area contributed by atoms with E-state index in [1.54, 1.807) is 0 Å². The first kappa shape index (κ1) is 10.7. The molecule has 14 heavy (non-hydrogen) atoms. The number of benzene rings is 1. The van der Waals surface area contributed by atoms with Gasteiger partial charge in [0.2, 0.25) is 5.91 Å². The van der Waals surface area contributed by atoms with Crippen LogP contribution in [0.1, 0.15) is 16.7 Å². The molecule has 1 rings (SSSR count). The fourth-order valence-electron chi connectivity index (χ4n) is 1.29. The van der Waals surface area contributed by atoms with Crippen molar-refractivity contribution >= 4 is 5.91 Å². The molecule has 0 aromatic heterocycles. The van der Waals surface area contributed by atoms with E-state index in [9.17, 15) is 4.79 Å². The van der Waals surface area contributed by atoms with Crippen LogP contribution in [0.3, 0.4) is 0 Å².